The van der Waals surface area contributed by atoms with E-state index in [1.165, 1.54) is 0 Å². The second-order valence-electron chi connectivity index (χ2n) is 4.82. The molecule has 4 heteroatoms. The van der Waals surface area contributed by atoms with E-state index in [2.05, 4.69) is 0 Å². The van der Waals surface area contributed by atoms with Gasteiger partial charge in [-0.1, -0.05) is 20.1 Å². The summed E-state index contributed by atoms with van der Waals surface area (Å²) in [7, 11) is -2.49. The summed E-state index contributed by atoms with van der Waals surface area (Å²) in [5.41, 5.74) is -2.52. The molecule has 4 nitrogen and oxygen atoms in total. The van der Waals surface area contributed by atoms with Gasteiger partial charge in [0.2, 0.25) is 0 Å². The number of carbonyl (C=O) groups excluding carboxylic acids is 1. The van der Waals surface area contributed by atoms with E-state index in [0.29, 0.717) is 6.92 Å². The monoisotopic (exact) mass is 352 g/mol. The fourth-order valence-electron chi connectivity index (χ4n) is 2.24. The average molecular weight is 353 g/mol. The number of benzene rings is 1. The van der Waals surface area contributed by atoms with Gasteiger partial charge in [0, 0.05) is 51.9 Å². The second-order valence-corrected chi connectivity index (χ2v) is 4.82. The van der Waals surface area contributed by atoms with Crippen LogP contribution in [0.1, 0.15) is 78.8 Å². The van der Waals surface area contributed by atoms with Crippen LogP contribution < -0.4 is 9.47 Å². The molecular weight excluding hydrogens is 302 g/mol. The second kappa shape index (κ2) is 7.14. The molecule has 2 aliphatic heterocycles. The number of Topliss-reactive ketones (excluding diaryl/α,β-unsaturated/α-hetero) is 1. The van der Waals surface area contributed by atoms with Crippen molar-refractivity contribution in [3.05, 3.63) is 23.2 Å². The molecule has 0 bridgehead atoms. The van der Waals surface area contributed by atoms with E-state index in [1.807, 2.05) is 0 Å². The number of ether oxygens (including phenoxy) is 2. The molecule has 2 heterocycles. The minimum absolute atomic E-state index is 0.138. The molecule has 3 rings (SSSR count). The van der Waals surface area contributed by atoms with Crippen molar-refractivity contribution in [3.63, 3.8) is 0 Å². The fourth-order valence-corrected chi connectivity index (χ4v) is 2.24. The Hall–Kier alpha value is -1.55. The average Bonchev–Trinajstić information content (AvgIpc) is 2.83. The predicted octanol–water partition coefficient (Wildman–Crippen LogP) is 3.63. The number of hydrogen-bond acceptors (Lipinski definition) is 4. The Morgan fingerprint density at radius 3 is 3.12 bits per heavy atom. The highest BCUT2D eigenvalue weighted by molar-refractivity contribution is 5.83. The van der Waals surface area contributed by atoms with Gasteiger partial charge in [-0.25, -0.2) is 0 Å². The maximum atomic E-state index is 14.0. The highest BCUT2D eigenvalue weighted by Gasteiger charge is 2.38. The third-order valence-corrected chi connectivity index (χ3v) is 3.41. The zero-order chi connectivity index (χ0) is 35.7. The van der Waals surface area contributed by atoms with Gasteiger partial charge in [-0.15, -0.1) is 0 Å². The minimum atomic E-state index is -4.21. The fraction of sp³-hybridized carbons (Fsp3) is 0.650. The first-order chi connectivity index (χ1) is 19.6. The molecular formula is C20H29NO3. The van der Waals surface area contributed by atoms with E-state index in [-0.39, 0.29) is 4.90 Å². The summed E-state index contributed by atoms with van der Waals surface area (Å²) in [6, 6.07) is -6.16. The molecule has 0 radical (unpaired) electrons. The summed E-state index contributed by atoms with van der Waals surface area (Å²) in [6.45, 7) is -9.12. The SMILES string of the molecule is [2H]c1c(OC([2H])([2H])[2H])c(OC)c([2H])c2c1C([2H])([2H])C([2H])([2H])N1CC([2H])(C([2H])([2H])C([2H])(C([2H])([2H])[2H])C([2H])([2H])C)C(=O)C([2H])([2H])C21[2H]. The lowest BCUT2D eigenvalue weighted by Crippen LogP contribution is -2.46. The van der Waals surface area contributed by atoms with Crippen LogP contribution in [0.3, 0.4) is 0 Å². The van der Waals surface area contributed by atoms with Crippen LogP contribution in [0.4, 0.5) is 0 Å². The molecule has 1 aromatic rings. The van der Waals surface area contributed by atoms with Crippen molar-refractivity contribution in [3.8, 4) is 11.5 Å². The first-order valence-electron chi connectivity index (χ1n) is 17.3. The molecule has 132 valence electrons. The Bertz CT molecular complexity index is 1400. The van der Waals surface area contributed by atoms with Gasteiger partial charge in [0.25, 0.3) is 0 Å². The van der Waals surface area contributed by atoms with Crippen molar-refractivity contribution in [2.45, 2.75) is 45.3 Å². The van der Waals surface area contributed by atoms with Gasteiger partial charge in [0.05, 0.1) is 22.4 Å². The number of carbonyl (C=O) groups is 1. The van der Waals surface area contributed by atoms with Crippen molar-refractivity contribution in [2.24, 2.45) is 11.8 Å². The first kappa shape index (κ1) is 5.00. The van der Waals surface area contributed by atoms with E-state index in [9.17, 15) is 6.17 Å². The first-order valence-corrected chi connectivity index (χ1v) is 6.84. The molecule has 0 N–H and O–H groups in total. The van der Waals surface area contributed by atoms with Crippen LogP contribution in [0.5, 0.6) is 11.5 Å². The van der Waals surface area contributed by atoms with Crippen molar-refractivity contribution < 1.29 is 43.1 Å². The van der Waals surface area contributed by atoms with E-state index in [4.69, 9.17) is 36.9 Å². The molecule has 1 aromatic carbocycles. The molecule has 0 spiro atoms. The van der Waals surface area contributed by atoms with Gasteiger partial charge in [0.15, 0.2) is 11.5 Å². The largest absolute Gasteiger partial charge is 0.493 e. The number of hydrogen-bond donors (Lipinski definition) is 0. The predicted molar refractivity (Wildman–Crippen MR) is 94.8 cm³/mol. The Kier molecular flexibility index (Phi) is 1.49. The number of fused-ring (bicyclic) bond motifs is 3. The molecule has 1 fully saturated rings. The molecule has 3 unspecified atom stereocenters. The summed E-state index contributed by atoms with van der Waals surface area (Å²) in [4.78, 5) is 13.8. The third-order valence-electron chi connectivity index (χ3n) is 3.41. The number of rotatable bonds is 5. The Morgan fingerprint density at radius 2 is 2.42 bits per heavy atom. The third kappa shape index (κ3) is 3.16. The molecule has 1 saturated heterocycles. The number of methoxy groups -OCH3 is 2. The molecule has 0 saturated carbocycles. The van der Waals surface area contributed by atoms with Gasteiger partial charge in [-0.05, 0) is 41.9 Å². The van der Waals surface area contributed by atoms with Crippen molar-refractivity contribution in [1.82, 2.24) is 4.90 Å². The zero-order valence-corrected chi connectivity index (χ0v) is 12.9. The van der Waals surface area contributed by atoms with Crippen molar-refractivity contribution in [2.75, 3.05) is 27.2 Å². The van der Waals surface area contributed by atoms with Crippen LogP contribution in [0.25, 0.3) is 0 Å². The Morgan fingerprint density at radius 1 is 1.58 bits per heavy atom. The van der Waals surface area contributed by atoms with Crippen molar-refractivity contribution in [1.29, 1.82) is 0 Å². The van der Waals surface area contributed by atoms with Gasteiger partial charge in [0.1, 0.15) is 5.78 Å². The van der Waals surface area contributed by atoms with E-state index in [1.54, 1.807) is 0 Å². The molecule has 24 heavy (non-hydrogen) atoms. The molecule has 2 aliphatic rings. The number of ketones is 1. The van der Waals surface area contributed by atoms with E-state index >= 15 is 0 Å². The highest BCUT2D eigenvalue weighted by atomic mass is 16.5. The van der Waals surface area contributed by atoms with E-state index < -0.39 is 111 Å². The van der Waals surface area contributed by atoms with Crippen LogP contribution in [0.15, 0.2) is 12.1 Å². The molecule has 3 atom stereocenters. The smallest absolute Gasteiger partial charge is 0.161 e. The quantitative estimate of drug-likeness (QED) is 0.811. The van der Waals surface area contributed by atoms with Crippen molar-refractivity contribution >= 4 is 5.78 Å². The normalized spacial score (nSPS) is 53.8. The van der Waals surface area contributed by atoms with Gasteiger partial charge in [-0.3, -0.25) is 9.69 Å². The lowest BCUT2D eigenvalue weighted by atomic mass is 9.79. The lowest BCUT2D eigenvalue weighted by molar-refractivity contribution is -0.129. The maximum Gasteiger partial charge on any atom is 0.161 e. The Balaban J connectivity index is 2.55. The lowest BCUT2D eigenvalue weighted by Gasteiger charge is -2.43. The minimum Gasteiger partial charge on any atom is -0.493 e. The van der Waals surface area contributed by atoms with Crippen LogP contribution in [0, 0.1) is 11.8 Å². The zero-order valence-electron chi connectivity index (χ0n) is 33.9. The van der Waals surface area contributed by atoms with Crippen LogP contribution in [-0.2, 0) is 11.2 Å². The highest BCUT2D eigenvalue weighted by Crippen LogP contribution is 2.42. The summed E-state index contributed by atoms with van der Waals surface area (Å²) in [6.07, 6.45) is -15.3. The number of piperidine rings is 1. The molecule has 0 aliphatic carbocycles. The summed E-state index contributed by atoms with van der Waals surface area (Å²) in [5.74, 6) is -12.3. The van der Waals surface area contributed by atoms with Gasteiger partial charge in [-0.2, -0.15) is 0 Å². The molecule has 0 aromatic heterocycles. The summed E-state index contributed by atoms with van der Waals surface area (Å²) in [5, 5.41) is 0. The topological polar surface area (TPSA) is 38.8 Å². The summed E-state index contributed by atoms with van der Waals surface area (Å²) >= 11 is 0. The molecule has 0 amide bonds. The van der Waals surface area contributed by atoms with Gasteiger partial charge >= 0.3 is 0 Å². The van der Waals surface area contributed by atoms with Crippen LogP contribution in [0.2, 0.25) is 0 Å². The maximum absolute atomic E-state index is 14.0. The van der Waals surface area contributed by atoms with E-state index in [0.717, 1.165) is 7.11 Å². The summed E-state index contributed by atoms with van der Waals surface area (Å²) < 4.78 is 185. The van der Waals surface area contributed by atoms with Gasteiger partial charge < -0.3 is 9.47 Å². The Labute approximate surface area is 174 Å². The standard InChI is InChI=1S/C20H29NO3/c1-5-13(2)8-15-12-21-7-6-14-9-19(23-3)20(24-4)10-16(14)17(21)11-18(15)22/h9-10,13,15,17H,5-8,11-12H2,1-4H3/i2D3,3D3,5D2,6D2,7D2,8D2,9D,10D,11D2,13D,15D,17D. The van der Waals surface area contributed by atoms with Crippen LogP contribution >= 0.6 is 0 Å². The van der Waals surface area contributed by atoms with Crippen LogP contribution in [-0.4, -0.2) is 37.9 Å². The number of nitrogens with zero attached hydrogens (tertiary/aromatic N) is 1.